The summed E-state index contributed by atoms with van der Waals surface area (Å²) < 4.78 is 13.4. The third-order valence-electron chi connectivity index (χ3n) is 2.04. The molecule has 0 heterocycles. The van der Waals surface area contributed by atoms with Crippen molar-refractivity contribution >= 4 is 27.3 Å². The van der Waals surface area contributed by atoms with Crippen LogP contribution in [0.1, 0.15) is 20.8 Å². The highest BCUT2D eigenvalue weighted by Gasteiger charge is 2.19. The van der Waals surface area contributed by atoms with Crippen molar-refractivity contribution < 1.29 is 9.31 Å². The van der Waals surface area contributed by atoms with Crippen molar-refractivity contribution in [3.8, 4) is 0 Å². The lowest BCUT2D eigenvalue weighted by Gasteiger charge is -2.19. The van der Waals surface area contributed by atoms with Crippen LogP contribution in [0.4, 0.5) is 15.8 Å². The van der Waals surface area contributed by atoms with E-state index in [0.717, 1.165) is 6.07 Å². The van der Waals surface area contributed by atoms with Crippen LogP contribution in [-0.2, 0) is 0 Å². The summed E-state index contributed by atoms with van der Waals surface area (Å²) in [6.45, 7) is 6.57. The molecule has 0 aromatic heterocycles. The van der Waals surface area contributed by atoms with Crippen molar-refractivity contribution in [2.24, 2.45) is 5.41 Å². The number of rotatable bonds is 3. The molecule has 6 heteroatoms. The van der Waals surface area contributed by atoms with Gasteiger partial charge < -0.3 is 5.32 Å². The van der Waals surface area contributed by atoms with E-state index < -0.39 is 10.7 Å². The quantitative estimate of drug-likeness (QED) is 0.679. The lowest BCUT2D eigenvalue weighted by molar-refractivity contribution is -0.384. The molecule has 1 rings (SSSR count). The van der Waals surface area contributed by atoms with Gasteiger partial charge in [0.2, 0.25) is 0 Å². The van der Waals surface area contributed by atoms with E-state index in [1.807, 2.05) is 20.8 Å². The van der Waals surface area contributed by atoms with Gasteiger partial charge in [0.1, 0.15) is 11.5 Å². The lowest BCUT2D eigenvalue weighted by Crippen LogP contribution is -2.19. The molecule has 0 saturated carbocycles. The molecule has 0 unspecified atom stereocenters. The summed E-state index contributed by atoms with van der Waals surface area (Å²) in [7, 11) is 0. The molecular formula is C11H14BrFN2O2. The summed E-state index contributed by atoms with van der Waals surface area (Å²) in [4.78, 5) is 10.2. The zero-order valence-corrected chi connectivity index (χ0v) is 11.5. The number of halogens is 2. The average Bonchev–Trinajstić information content (AvgIpc) is 2.17. The molecule has 1 aromatic rings. The van der Waals surface area contributed by atoms with Gasteiger partial charge in [-0.15, -0.1) is 0 Å². The second-order valence-corrected chi connectivity index (χ2v) is 5.81. The number of nitrogens with one attached hydrogen (secondary N) is 1. The van der Waals surface area contributed by atoms with Gasteiger partial charge in [0.05, 0.1) is 15.5 Å². The van der Waals surface area contributed by atoms with Crippen LogP contribution >= 0.6 is 15.9 Å². The predicted molar refractivity (Wildman–Crippen MR) is 68.7 cm³/mol. The number of nitrogens with zero attached hydrogens (tertiary/aromatic N) is 1. The number of hydrogen-bond acceptors (Lipinski definition) is 3. The van der Waals surface area contributed by atoms with Crippen molar-refractivity contribution in [3.63, 3.8) is 0 Å². The van der Waals surface area contributed by atoms with Crippen molar-refractivity contribution in [2.75, 3.05) is 11.9 Å². The normalized spacial score (nSPS) is 11.4. The van der Waals surface area contributed by atoms with Crippen molar-refractivity contribution in [3.05, 3.63) is 32.5 Å². The van der Waals surface area contributed by atoms with E-state index in [1.165, 1.54) is 6.07 Å². The molecule has 0 radical (unpaired) electrons. The topological polar surface area (TPSA) is 55.2 Å². The van der Waals surface area contributed by atoms with E-state index in [9.17, 15) is 14.5 Å². The van der Waals surface area contributed by atoms with Gasteiger partial charge in [-0.3, -0.25) is 10.1 Å². The van der Waals surface area contributed by atoms with Crippen molar-refractivity contribution in [1.82, 2.24) is 0 Å². The zero-order chi connectivity index (χ0) is 13.2. The van der Waals surface area contributed by atoms with Gasteiger partial charge in [-0.25, -0.2) is 4.39 Å². The van der Waals surface area contributed by atoms with Crippen LogP contribution in [-0.4, -0.2) is 11.5 Å². The van der Waals surface area contributed by atoms with Crippen LogP contribution in [0.15, 0.2) is 16.6 Å². The highest BCUT2D eigenvalue weighted by molar-refractivity contribution is 9.10. The third-order valence-corrected chi connectivity index (χ3v) is 2.65. The van der Waals surface area contributed by atoms with Gasteiger partial charge in [-0.1, -0.05) is 20.8 Å². The number of hydrogen-bond donors (Lipinski definition) is 1. The second kappa shape index (κ2) is 5.00. The fourth-order valence-corrected chi connectivity index (χ4v) is 1.53. The molecule has 0 bridgehead atoms. The first kappa shape index (κ1) is 13.9. The summed E-state index contributed by atoms with van der Waals surface area (Å²) in [5.74, 6) is -0.641. The van der Waals surface area contributed by atoms with E-state index in [0.29, 0.717) is 12.2 Å². The first-order valence-electron chi connectivity index (χ1n) is 5.08. The molecule has 0 amide bonds. The standard InChI is InChI=1S/C11H14BrFN2O2/c1-11(2,3)6-14-9-4-7(12)8(13)5-10(9)15(16)17/h4-5,14H,6H2,1-3H3. The van der Waals surface area contributed by atoms with Crippen LogP contribution in [0.5, 0.6) is 0 Å². The van der Waals surface area contributed by atoms with E-state index in [4.69, 9.17) is 0 Å². The lowest BCUT2D eigenvalue weighted by atomic mass is 9.97. The molecular weight excluding hydrogens is 291 g/mol. The molecule has 1 N–H and O–H groups in total. The molecule has 0 atom stereocenters. The summed E-state index contributed by atoms with van der Waals surface area (Å²) >= 11 is 3.01. The van der Waals surface area contributed by atoms with E-state index in [2.05, 4.69) is 21.2 Å². The van der Waals surface area contributed by atoms with Gasteiger partial charge in [0, 0.05) is 6.54 Å². The fourth-order valence-electron chi connectivity index (χ4n) is 1.19. The molecule has 0 aliphatic rings. The van der Waals surface area contributed by atoms with E-state index in [-0.39, 0.29) is 15.6 Å². The number of nitro groups is 1. The Morgan fingerprint density at radius 1 is 1.47 bits per heavy atom. The largest absolute Gasteiger partial charge is 0.379 e. The minimum Gasteiger partial charge on any atom is -0.379 e. The maximum absolute atomic E-state index is 13.2. The van der Waals surface area contributed by atoms with Crippen molar-refractivity contribution in [1.29, 1.82) is 0 Å². The van der Waals surface area contributed by atoms with Crippen LogP contribution in [0.3, 0.4) is 0 Å². The van der Waals surface area contributed by atoms with Crippen LogP contribution in [0.2, 0.25) is 0 Å². The first-order valence-corrected chi connectivity index (χ1v) is 5.87. The molecule has 17 heavy (non-hydrogen) atoms. The van der Waals surface area contributed by atoms with Crippen LogP contribution in [0, 0.1) is 21.3 Å². The molecule has 0 spiro atoms. The van der Waals surface area contributed by atoms with Crippen LogP contribution < -0.4 is 5.32 Å². The highest BCUT2D eigenvalue weighted by atomic mass is 79.9. The highest BCUT2D eigenvalue weighted by Crippen LogP contribution is 2.31. The molecule has 0 saturated heterocycles. The molecule has 1 aromatic carbocycles. The van der Waals surface area contributed by atoms with Crippen molar-refractivity contribution in [2.45, 2.75) is 20.8 Å². The second-order valence-electron chi connectivity index (χ2n) is 4.95. The Hall–Kier alpha value is -1.17. The van der Waals surface area contributed by atoms with Crippen LogP contribution in [0.25, 0.3) is 0 Å². The Bertz CT molecular complexity index is 444. The monoisotopic (exact) mass is 304 g/mol. The molecule has 4 nitrogen and oxygen atoms in total. The summed E-state index contributed by atoms with van der Waals surface area (Å²) in [5.41, 5.74) is 0.0440. The summed E-state index contributed by atoms with van der Waals surface area (Å²) in [6, 6.07) is 2.30. The Morgan fingerprint density at radius 3 is 2.53 bits per heavy atom. The Labute approximate surface area is 107 Å². The molecule has 0 aliphatic heterocycles. The maximum Gasteiger partial charge on any atom is 0.295 e. The van der Waals surface area contributed by atoms with E-state index >= 15 is 0 Å². The molecule has 0 aliphatic carbocycles. The minimum atomic E-state index is -0.641. The zero-order valence-electron chi connectivity index (χ0n) is 9.88. The molecule has 0 fully saturated rings. The number of nitro benzene ring substituents is 1. The van der Waals surface area contributed by atoms with Gasteiger partial charge in [-0.05, 0) is 27.4 Å². The Morgan fingerprint density at radius 2 is 2.06 bits per heavy atom. The smallest absolute Gasteiger partial charge is 0.295 e. The van der Waals surface area contributed by atoms with Gasteiger partial charge in [0.25, 0.3) is 5.69 Å². The van der Waals surface area contributed by atoms with Gasteiger partial charge in [0.15, 0.2) is 0 Å². The Kier molecular flexibility index (Phi) is 4.08. The first-order chi connectivity index (χ1) is 7.70. The average molecular weight is 305 g/mol. The third kappa shape index (κ3) is 3.96. The summed E-state index contributed by atoms with van der Waals surface area (Å²) in [5, 5.41) is 13.8. The SMILES string of the molecule is CC(C)(C)CNc1cc(Br)c(F)cc1[N+](=O)[O-]. The van der Waals surface area contributed by atoms with Gasteiger partial charge >= 0.3 is 0 Å². The maximum atomic E-state index is 13.2. The Balaban J connectivity index is 3.05. The van der Waals surface area contributed by atoms with Gasteiger partial charge in [-0.2, -0.15) is 0 Å². The minimum absolute atomic E-state index is 0.0191. The van der Waals surface area contributed by atoms with E-state index in [1.54, 1.807) is 0 Å². The number of benzene rings is 1. The number of anilines is 1. The predicted octanol–water partition coefficient (Wildman–Crippen LogP) is 3.95. The summed E-state index contributed by atoms with van der Waals surface area (Å²) in [6.07, 6.45) is 0. The fraction of sp³-hybridized carbons (Fsp3) is 0.455. The molecule has 94 valence electrons.